The van der Waals surface area contributed by atoms with E-state index in [0.717, 1.165) is 18.7 Å². The topological polar surface area (TPSA) is 49.0 Å². The molecule has 5 heteroatoms. The highest BCUT2D eigenvalue weighted by atomic mass is 16.5. The molecule has 102 valence electrons. The van der Waals surface area contributed by atoms with Gasteiger partial charge in [0.2, 0.25) is 0 Å². The van der Waals surface area contributed by atoms with Crippen LogP contribution < -0.4 is 0 Å². The second kappa shape index (κ2) is 6.22. The fraction of sp³-hybridized carbons (Fsp3) is 0.429. The van der Waals surface area contributed by atoms with Crippen molar-refractivity contribution in [2.45, 2.75) is 33.4 Å². The number of carbonyl (C=O) groups excluding carboxylic acids is 1. The molecule has 0 saturated carbocycles. The van der Waals surface area contributed by atoms with Crippen molar-refractivity contribution in [1.29, 1.82) is 0 Å². The van der Waals surface area contributed by atoms with Gasteiger partial charge < -0.3 is 13.9 Å². The third kappa shape index (κ3) is 3.05. The first-order valence-electron chi connectivity index (χ1n) is 6.57. The maximum Gasteiger partial charge on any atom is 0.354 e. The molecule has 0 saturated heterocycles. The molecule has 19 heavy (non-hydrogen) atoms. The Morgan fingerprint density at radius 1 is 1.37 bits per heavy atom. The molecule has 0 N–H and O–H groups in total. The van der Waals surface area contributed by atoms with Crippen LogP contribution >= 0.6 is 0 Å². The molecule has 0 aliphatic rings. The van der Waals surface area contributed by atoms with E-state index in [1.807, 2.05) is 36.3 Å². The minimum atomic E-state index is -0.283. The average molecular weight is 261 g/mol. The Morgan fingerprint density at radius 2 is 2.21 bits per heavy atom. The number of hydrogen-bond acceptors (Lipinski definition) is 3. The van der Waals surface area contributed by atoms with Gasteiger partial charge in [-0.1, -0.05) is 6.92 Å². The van der Waals surface area contributed by atoms with E-state index in [9.17, 15) is 4.79 Å². The van der Waals surface area contributed by atoms with Gasteiger partial charge in [-0.3, -0.25) is 0 Å². The van der Waals surface area contributed by atoms with Gasteiger partial charge in [0.15, 0.2) is 0 Å². The molecule has 0 spiro atoms. The van der Waals surface area contributed by atoms with Gasteiger partial charge in [0, 0.05) is 18.9 Å². The number of esters is 1. The van der Waals surface area contributed by atoms with E-state index in [4.69, 9.17) is 4.74 Å². The Labute approximate surface area is 112 Å². The summed E-state index contributed by atoms with van der Waals surface area (Å²) >= 11 is 0. The molecule has 0 fully saturated rings. The zero-order valence-corrected chi connectivity index (χ0v) is 11.4. The summed E-state index contributed by atoms with van der Waals surface area (Å²) in [6.45, 7) is 5.88. The third-order valence-electron chi connectivity index (χ3n) is 2.91. The number of carbonyl (C=O) groups is 1. The molecule has 0 amide bonds. The van der Waals surface area contributed by atoms with Crippen LogP contribution in [0.1, 0.15) is 36.5 Å². The summed E-state index contributed by atoms with van der Waals surface area (Å²) in [5.41, 5.74) is 1.66. The summed E-state index contributed by atoms with van der Waals surface area (Å²) in [4.78, 5) is 16.0. The van der Waals surface area contributed by atoms with Crippen molar-refractivity contribution in [2.75, 3.05) is 6.61 Å². The van der Waals surface area contributed by atoms with Crippen molar-refractivity contribution in [2.24, 2.45) is 0 Å². The second-order valence-corrected chi connectivity index (χ2v) is 4.32. The second-order valence-electron chi connectivity index (χ2n) is 4.32. The van der Waals surface area contributed by atoms with Crippen LogP contribution in [-0.2, 0) is 17.8 Å². The van der Waals surface area contributed by atoms with Crippen molar-refractivity contribution in [3.05, 3.63) is 42.2 Å². The van der Waals surface area contributed by atoms with Gasteiger partial charge in [-0.2, -0.15) is 0 Å². The molecule has 0 aliphatic carbocycles. The molecule has 0 bridgehead atoms. The Morgan fingerprint density at radius 3 is 2.95 bits per heavy atom. The van der Waals surface area contributed by atoms with Gasteiger partial charge in [-0.05, 0) is 25.5 Å². The van der Waals surface area contributed by atoms with E-state index in [-0.39, 0.29) is 5.97 Å². The molecular weight excluding hydrogens is 242 g/mol. The maximum absolute atomic E-state index is 11.8. The highest BCUT2D eigenvalue weighted by molar-refractivity contribution is 5.87. The van der Waals surface area contributed by atoms with Crippen LogP contribution in [0.2, 0.25) is 0 Å². The standard InChI is InChI=1S/C14H19N3O2/c1-3-7-17-11-15-9-12(17)10-16-8-5-6-13(16)14(18)19-4-2/h5-6,8-9,11H,3-4,7,10H2,1-2H3. The molecule has 2 rings (SSSR count). The van der Waals surface area contributed by atoms with Crippen LogP contribution in [0, 0.1) is 0 Å². The Bertz CT molecular complexity index is 542. The van der Waals surface area contributed by atoms with Crippen molar-refractivity contribution >= 4 is 5.97 Å². The van der Waals surface area contributed by atoms with Gasteiger partial charge in [0.1, 0.15) is 5.69 Å². The van der Waals surface area contributed by atoms with E-state index in [0.29, 0.717) is 18.8 Å². The van der Waals surface area contributed by atoms with Gasteiger partial charge in [-0.25, -0.2) is 9.78 Å². The predicted molar refractivity (Wildman–Crippen MR) is 72.0 cm³/mol. The van der Waals surface area contributed by atoms with E-state index >= 15 is 0 Å². The fourth-order valence-electron chi connectivity index (χ4n) is 2.04. The van der Waals surface area contributed by atoms with Crippen LogP contribution in [0.3, 0.4) is 0 Å². The molecule has 2 aromatic heterocycles. The number of rotatable bonds is 6. The molecule has 0 radical (unpaired) electrons. The third-order valence-corrected chi connectivity index (χ3v) is 2.91. The van der Waals surface area contributed by atoms with E-state index in [1.54, 1.807) is 6.07 Å². The van der Waals surface area contributed by atoms with Crippen LogP contribution in [-0.4, -0.2) is 26.7 Å². The van der Waals surface area contributed by atoms with Gasteiger partial charge in [-0.15, -0.1) is 0 Å². The summed E-state index contributed by atoms with van der Waals surface area (Å²) in [5.74, 6) is -0.283. The van der Waals surface area contributed by atoms with Crippen LogP contribution in [0.4, 0.5) is 0 Å². The maximum atomic E-state index is 11.8. The highest BCUT2D eigenvalue weighted by Crippen LogP contribution is 2.09. The van der Waals surface area contributed by atoms with Crippen LogP contribution in [0.15, 0.2) is 30.9 Å². The smallest absolute Gasteiger partial charge is 0.354 e. The van der Waals surface area contributed by atoms with E-state index in [2.05, 4.69) is 16.5 Å². The van der Waals surface area contributed by atoms with Crippen LogP contribution in [0.5, 0.6) is 0 Å². The van der Waals surface area contributed by atoms with Gasteiger partial charge in [0.05, 0.1) is 25.2 Å². The Kier molecular flexibility index (Phi) is 4.39. The normalized spacial score (nSPS) is 10.6. The fourth-order valence-corrected chi connectivity index (χ4v) is 2.04. The molecule has 5 nitrogen and oxygen atoms in total. The highest BCUT2D eigenvalue weighted by Gasteiger charge is 2.13. The number of imidazole rings is 1. The molecule has 0 aromatic carbocycles. The SMILES string of the molecule is CCCn1cncc1Cn1cccc1C(=O)OCC. The zero-order valence-electron chi connectivity index (χ0n) is 11.4. The monoisotopic (exact) mass is 261 g/mol. The molecular formula is C14H19N3O2. The molecule has 0 aliphatic heterocycles. The molecule has 2 heterocycles. The lowest BCUT2D eigenvalue weighted by Gasteiger charge is -2.10. The van der Waals surface area contributed by atoms with Crippen molar-refractivity contribution in [3.8, 4) is 0 Å². The minimum Gasteiger partial charge on any atom is -0.461 e. The molecule has 0 unspecified atom stereocenters. The molecule has 2 aromatic rings. The number of aromatic nitrogens is 3. The van der Waals surface area contributed by atoms with Crippen molar-refractivity contribution in [1.82, 2.24) is 14.1 Å². The summed E-state index contributed by atoms with van der Waals surface area (Å²) in [6, 6.07) is 3.63. The molecule has 0 atom stereocenters. The summed E-state index contributed by atoms with van der Waals surface area (Å²) in [6.07, 6.45) is 6.60. The van der Waals surface area contributed by atoms with E-state index < -0.39 is 0 Å². The van der Waals surface area contributed by atoms with Gasteiger partial charge >= 0.3 is 5.97 Å². The lowest BCUT2D eigenvalue weighted by molar-refractivity contribution is 0.0514. The number of hydrogen-bond donors (Lipinski definition) is 0. The number of nitrogens with zero attached hydrogens (tertiary/aromatic N) is 3. The minimum absolute atomic E-state index is 0.283. The first-order chi connectivity index (χ1) is 9.26. The van der Waals surface area contributed by atoms with Crippen LogP contribution in [0.25, 0.3) is 0 Å². The number of aryl methyl sites for hydroxylation is 1. The predicted octanol–water partition coefficient (Wildman–Crippen LogP) is 2.32. The first kappa shape index (κ1) is 13.4. The quantitative estimate of drug-likeness (QED) is 0.750. The zero-order chi connectivity index (χ0) is 13.7. The lowest BCUT2D eigenvalue weighted by Crippen LogP contribution is -2.14. The average Bonchev–Trinajstić information content (AvgIpc) is 3.01. The summed E-state index contributed by atoms with van der Waals surface area (Å²) in [7, 11) is 0. The number of ether oxygens (including phenoxy) is 1. The van der Waals surface area contributed by atoms with Crippen molar-refractivity contribution in [3.63, 3.8) is 0 Å². The van der Waals surface area contributed by atoms with Gasteiger partial charge in [0.25, 0.3) is 0 Å². The summed E-state index contributed by atoms with van der Waals surface area (Å²) in [5, 5.41) is 0. The largest absolute Gasteiger partial charge is 0.461 e. The van der Waals surface area contributed by atoms with Crippen molar-refractivity contribution < 1.29 is 9.53 Å². The Hall–Kier alpha value is -2.04. The lowest BCUT2D eigenvalue weighted by atomic mass is 10.4. The summed E-state index contributed by atoms with van der Waals surface area (Å²) < 4.78 is 9.04. The Balaban J connectivity index is 2.17. The van der Waals surface area contributed by atoms with E-state index in [1.165, 1.54) is 0 Å². The first-order valence-corrected chi connectivity index (χ1v) is 6.57.